The van der Waals surface area contributed by atoms with Gasteiger partial charge in [0, 0.05) is 25.0 Å². The highest BCUT2D eigenvalue weighted by molar-refractivity contribution is 7.90. The summed E-state index contributed by atoms with van der Waals surface area (Å²) in [7, 11) is -3.67. The fourth-order valence-electron chi connectivity index (χ4n) is 2.74. The van der Waals surface area contributed by atoms with Gasteiger partial charge in [0.15, 0.2) is 0 Å². The molecule has 0 bridgehead atoms. The van der Waals surface area contributed by atoms with E-state index in [2.05, 4.69) is 28.4 Å². The van der Waals surface area contributed by atoms with E-state index in [4.69, 9.17) is 0 Å². The van der Waals surface area contributed by atoms with Crippen molar-refractivity contribution in [1.82, 2.24) is 0 Å². The predicted molar refractivity (Wildman–Crippen MR) is 111 cm³/mol. The van der Waals surface area contributed by atoms with E-state index in [0.29, 0.717) is 0 Å². The van der Waals surface area contributed by atoms with Crippen LogP contribution in [0, 0.1) is 0 Å². The molecule has 3 aromatic rings. The van der Waals surface area contributed by atoms with Gasteiger partial charge in [-0.2, -0.15) is 12.8 Å². The van der Waals surface area contributed by atoms with E-state index in [-0.39, 0.29) is 4.90 Å². The lowest BCUT2D eigenvalue weighted by Crippen LogP contribution is -2.21. The molecule has 27 heavy (non-hydrogen) atoms. The number of rotatable bonds is 7. The first-order chi connectivity index (χ1) is 13.1. The second-order valence-corrected chi connectivity index (χ2v) is 7.75. The summed E-state index contributed by atoms with van der Waals surface area (Å²) in [6, 6.07) is 26.3. The molecule has 0 aliphatic rings. The Morgan fingerprint density at radius 1 is 0.852 bits per heavy atom. The minimum Gasteiger partial charge on any atom is -0.367 e. The first-order valence-corrected chi connectivity index (χ1v) is 10.3. The zero-order chi connectivity index (χ0) is 19.1. The molecule has 138 valence electrons. The van der Waals surface area contributed by atoms with Crippen LogP contribution in [-0.4, -0.2) is 21.2 Å². The number of hydrogen-bond donors (Lipinski definition) is 0. The standard InChI is InChI=1S/C22H22N2O2S/c1-2-24(18-20-9-5-3-6-10-20)21-15-13-19(14-16-21)17-23-27(25,26)22-11-7-4-8-12-22/h3-17H,2,18H2,1H3/b23-17-. The lowest BCUT2D eigenvalue weighted by molar-refractivity contribution is 0.598. The van der Waals surface area contributed by atoms with Crippen LogP contribution >= 0.6 is 0 Å². The molecular weight excluding hydrogens is 356 g/mol. The molecule has 3 rings (SSSR count). The van der Waals surface area contributed by atoms with Crippen LogP contribution in [0.5, 0.6) is 0 Å². The van der Waals surface area contributed by atoms with Gasteiger partial charge in [-0.3, -0.25) is 0 Å². The van der Waals surface area contributed by atoms with Gasteiger partial charge in [-0.15, -0.1) is 0 Å². The van der Waals surface area contributed by atoms with Crippen molar-refractivity contribution in [3.63, 3.8) is 0 Å². The van der Waals surface area contributed by atoms with Gasteiger partial charge < -0.3 is 4.90 Å². The molecule has 0 fully saturated rings. The maximum Gasteiger partial charge on any atom is 0.282 e. The minimum atomic E-state index is -3.67. The quantitative estimate of drug-likeness (QED) is 0.568. The van der Waals surface area contributed by atoms with Crippen molar-refractivity contribution in [2.24, 2.45) is 4.40 Å². The minimum absolute atomic E-state index is 0.192. The van der Waals surface area contributed by atoms with Gasteiger partial charge in [0.1, 0.15) is 0 Å². The van der Waals surface area contributed by atoms with Gasteiger partial charge in [-0.05, 0) is 42.3 Å². The van der Waals surface area contributed by atoms with Gasteiger partial charge in [0.05, 0.1) is 4.90 Å². The first kappa shape index (κ1) is 18.9. The van der Waals surface area contributed by atoms with Crippen LogP contribution in [0.4, 0.5) is 5.69 Å². The number of benzene rings is 3. The second-order valence-electron chi connectivity index (χ2n) is 6.11. The van der Waals surface area contributed by atoms with Gasteiger partial charge >= 0.3 is 0 Å². The monoisotopic (exact) mass is 378 g/mol. The van der Waals surface area contributed by atoms with Crippen LogP contribution in [0.15, 0.2) is 94.2 Å². The van der Waals surface area contributed by atoms with Crippen molar-refractivity contribution < 1.29 is 8.42 Å². The number of nitrogens with zero attached hydrogens (tertiary/aromatic N) is 2. The Labute approximate surface area is 160 Å². The molecule has 0 heterocycles. The van der Waals surface area contributed by atoms with Crippen molar-refractivity contribution in [3.05, 3.63) is 96.1 Å². The smallest absolute Gasteiger partial charge is 0.282 e. The lowest BCUT2D eigenvalue weighted by atomic mass is 10.1. The van der Waals surface area contributed by atoms with Crippen LogP contribution in [-0.2, 0) is 16.6 Å². The highest BCUT2D eigenvalue weighted by Crippen LogP contribution is 2.18. The largest absolute Gasteiger partial charge is 0.367 e. The molecule has 0 atom stereocenters. The molecule has 5 heteroatoms. The topological polar surface area (TPSA) is 49.7 Å². The summed E-state index contributed by atoms with van der Waals surface area (Å²) in [5.41, 5.74) is 3.08. The molecule has 0 amide bonds. The van der Waals surface area contributed by atoms with Gasteiger partial charge in [0.25, 0.3) is 10.0 Å². The van der Waals surface area contributed by atoms with E-state index < -0.39 is 10.0 Å². The molecular formula is C22H22N2O2S. The Balaban J connectivity index is 1.73. The van der Waals surface area contributed by atoms with E-state index in [0.717, 1.165) is 24.3 Å². The van der Waals surface area contributed by atoms with Crippen molar-refractivity contribution in [1.29, 1.82) is 0 Å². The van der Waals surface area contributed by atoms with E-state index in [1.54, 1.807) is 30.3 Å². The van der Waals surface area contributed by atoms with Crippen LogP contribution < -0.4 is 4.90 Å². The van der Waals surface area contributed by atoms with E-state index >= 15 is 0 Å². The summed E-state index contributed by atoms with van der Waals surface area (Å²) >= 11 is 0. The predicted octanol–water partition coefficient (Wildman–Crippen LogP) is 4.52. The molecule has 0 aliphatic carbocycles. The fourth-order valence-corrected chi connectivity index (χ4v) is 3.63. The van der Waals surface area contributed by atoms with Crippen LogP contribution in [0.3, 0.4) is 0 Å². The third kappa shape index (κ3) is 5.05. The average Bonchev–Trinajstić information content (AvgIpc) is 2.72. The van der Waals surface area contributed by atoms with Crippen LogP contribution in [0.1, 0.15) is 18.1 Å². The summed E-state index contributed by atoms with van der Waals surface area (Å²) in [5, 5.41) is 0. The summed E-state index contributed by atoms with van der Waals surface area (Å²) in [4.78, 5) is 2.45. The van der Waals surface area contributed by atoms with Gasteiger partial charge in [-0.1, -0.05) is 60.7 Å². The average molecular weight is 378 g/mol. The summed E-state index contributed by atoms with van der Waals surface area (Å²) in [6.07, 6.45) is 1.39. The SMILES string of the molecule is CCN(Cc1ccccc1)c1ccc(/C=N\S(=O)(=O)c2ccccc2)cc1. The molecule has 0 saturated carbocycles. The highest BCUT2D eigenvalue weighted by Gasteiger charge is 2.10. The molecule has 0 aliphatic heterocycles. The normalized spacial score (nSPS) is 11.6. The van der Waals surface area contributed by atoms with Gasteiger partial charge in [0.2, 0.25) is 0 Å². The Bertz CT molecular complexity index is 984. The third-order valence-corrected chi connectivity index (χ3v) is 5.49. The zero-order valence-corrected chi connectivity index (χ0v) is 16.0. The Hall–Kier alpha value is -2.92. The Morgan fingerprint density at radius 2 is 1.44 bits per heavy atom. The maximum absolute atomic E-state index is 12.2. The highest BCUT2D eigenvalue weighted by atomic mass is 32.2. The van der Waals surface area contributed by atoms with Crippen LogP contribution in [0.25, 0.3) is 0 Å². The van der Waals surface area contributed by atoms with Gasteiger partial charge in [-0.25, -0.2) is 0 Å². The molecule has 3 aromatic carbocycles. The molecule has 0 saturated heterocycles. The molecule has 4 nitrogen and oxygen atoms in total. The van der Waals surface area contributed by atoms with Crippen molar-refractivity contribution in [2.75, 3.05) is 11.4 Å². The maximum atomic E-state index is 12.2. The Kier molecular flexibility index (Phi) is 6.04. The molecule has 0 unspecified atom stereocenters. The number of sulfonamides is 1. The van der Waals surface area contributed by atoms with Crippen molar-refractivity contribution in [2.45, 2.75) is 18.4 Å². The molecule has 0 N–H and O–H groups in total. The van der Waals surface area contributed by atoms with Crippen molar-refractivity contribution >= 4 is 21.9 Å². The summed E-state index contributed by atoms with van der Waals surface area (Å²) < 4.78 is 28.2. The summed E-state index contributed by atoms with van der Waals surface area (Å²) in [6.45, 7) is 3.82. The van der Waals surface area contributed by atoms with E-state index in [1.807, 2.05) is 42.5 Å². The number of hydrogen-bond acceptors (Lipinski definition) is 3. The lowest BCUT2D eigenvalue weighted by Gasteiger charge is -2.23. The molecule has 0 spiro atoms. The number of anilines is 1. The molecule has 0 aromatic heterocycles. The van der Waals surface area contributed by atoms with Crippen LogP contribution in [0.2, 0.25) is 0 Å². The Morgan fingerprint density at radius 3 is 2.04 bits per heavy atom. The van der Waals surface area contributed by atoms with Crippen molar-refractivity contribution in [3.8, 4) is 0 Å². The van der Waals surface area contributed by atoms with E-state index in [9.17, 15) is 8.42 Å². The van der Waals surface area contributed by atoms with E-state index in [1.165, 1.54) is 11.8 Å². The first-order valence-electron chi connectivity index (χ1n) is 8.83. The second kappa shape index (κ2) is 8.64. The molecule has 0 radical (unpaired) electrons. The fraction of sp³-hybridized carbons (Fsp3) is 0.136. The zero-order valence-electron chi connectivity index (χ0n) is 15.2. The summed E-state index contributed by atoms with van der Waals surface area (Å²) in [5.74, 6) is 0. The third-order valence-electron chi connectivity index (χ3n) is 4.24.